The standard InChI is InChI=1S/C11H18BrN3O/c12-8-11-9-16-7-6-15(11)4-1-3-14-5-2-13-10-14/h2,5,10-11H,1,3-4,6-9H2. The predicted molar refractivity (Wildman–Crippen MR) is 66.8 cm³/mol. The average molecular weight is 288 g/mol. The van der Waals surface area contributed by atoms with Gasteiger partial charge in [-0.15, -0.1) is 0 Å². The van der Waals surface area contributed by atoms with Gasteiger partial charge in [-0.2, -0.15) is 0 Å². The highest BCUT2D eigenvalue weighted by atomic mass is 79.9. The molecule has 1 aliphatic rings. The summed E-state index contributed by atoms with van der Waals surface area (Å²) in [5.41, 5.74) is 0. The van der Waals surface area contributed by atoms with E-state index in [0.29, 0.717) is 6.04 Å². The third kappa shape index (κ3) is 3.30. The molecule has 1 unspecified atom stereocenters. The number of aryl methyl sites for hydroxylation is 1. The van der Waals surface area contributed by atoms with Crippen LogP contribution in [0.4, 0.5) is 0 Å². The maximum absolute atomic E-state index is 5.47. The van der Waals surface area contributed by atoms with Crippen LogP contribution in [0.5, 0.6) is 0 Å². The zero-order chi connectivity index (χ0) is 11.2. The molecule has 0 aromatic carbocycles. The molecule has 90 valence electrons. The molecule has 0 amide bonds. The summed E-state index contributed by atoms with van der Waals surface area (Å²) in [5, 5.41) is 0.998. The van der Waals surface area contributed by atoms with Crippen molar-refractivity contribution in [3.8, 4) is 0 Å². The number of nitrogens with zero attached hydrogens (tertiary/aromatic N) is 3. The van der Waals surface area contributed by atoms with Crippen LogP contribution in [0.1, 0.15) is 6.42 Å². The number of hydrogen-bond acceptors (Lipinski definition) is 3. The summed E-state index contributed by atoms with van der Waals surface area (Å²) >= 11 is 3.55. The second kappa shape index (κ2) is 6.37. The molecule has 0 radical (unpaired) electrons. The van der Waals surface area contributed by atoms with Gasteiger partial charge in [-0.05, 0) is 6.42 Å². The Hall–Kier alpha value is -0.390. The van der Waals surface area contributed by atoms with Crippen LogP contribution in [-0.4, -0.2) is 52.1 Å². The minimum absolute atomic E-state index is 0.538. The van der Waals surface area contributed by atoms with Crippen molar-refractivity contribution in [3.05, 3.63) is 18.7 Å². The second-order valence-corrected chi connectivity index (χ2v) is 4.72. The molecule has 1 aromatic heterocycles. The number of rotatable bonds is 5. The van der Waals surface area contributed by atoms with Crippen LogP contribution in [0.25, 0.3) is 0 Å². The lowest BCUT2D eigenvalue weighted by molar-refractivity contribution is 0.00112. The normalized spacial score (nSPS) is 22.4. The maximum Gasteiger partial charge on any atom is 0.0945 e. The van der Waals surface area contributed by atoms with Crippen molar-refractivity contribution in [3.63, 3.8) is 0 Å². The van der Waals surface area contributed by atoms with Gasteiger partial charge in [-0.3, -0.25) is 4.90 Å². The van der Waals surface area contributed by atoms with Gasteiger partial charge >= 0.3 is 0 Å². The molecule has 1 fully saturated rings. The highest BCUT2D eigenvalue weighted by molar-refractivity contribution is 9.09. The van der Waals surface area contributed by atoms with Gasteiger partial charge in [0.25, 0.3) is 0 Å². The highest BCUT2D eigenvalue weighted by Crippen LogP contribution is 2.10. The Morgan fingerprint density at radius 2 is 2.38 bits per heavy atom. The molecule has 16 heavy (non-hydrogen) atoms. The summed E-state index contributed by atoms with van der Waals surface area (Å²) in [5.74, 6) is 0. The van der Waals surface area contributed by atoms with Crippen LogP contribution in [0, 0.1) is 0 Å². The quantitative estimate of drug-likeness (QED) is 0.767. The molecular weight excluding hydrogens is 270 g/mol. The van der Waals surface area contributed by atoms with E-state index >= 15 is 0 Å². The number of imidazole rings is 1. The van der Waals surface area contributed by atoms with E-state index in [-0.39, 0.29) is 0 Å². The van der Waals surface area contributed by atoms with Crippen molar-refractivity contribution in [1.29, 1.82) is 0 Å². The van der Waals surface area contributed by atoms with E-state index in [1.165, 1.54) is 6.42 Å². The molecule has 4 nitrogen and oxygen atoms in total. The summed E-state index contributed by atoms with van der Waals surface area (Å²) in [4.78, 5) is 6.55. The fraction of sp³-hybridized carbons (Fsp3) is 0.727. The van der Waals surface area contributed by atoms with E-state index in [0.717, 1.165) is 38.2 Å². The molecular formula is C11H18BrN3O. The molecule has 2 heterocycles. The van der Waals surface area contributed by atoms with Gasteiger partial charge in [0.15, 0.2) is 0 Å². The minimum Gasteiger partial charge on any atom is -0.378 e. The van der Waals surface area contributed by atoms with E-state index in [2.05, 4.69) is 30.4 Å². The Kier molecular flexibility index (Phi) is 4.81. The number of aromatic nitrogens is 2. The molecule has 0 bridgehead atoms. The van der Waals surface area contributed by atoms with Crippen molar-refractivity contribution in [2.45, 2.75) is 19.0 Å². The van der Waals surface area contributed by atoms with Crippen molar-refractivity contribution < 1.29 is 4.74 Å². The largest absolute Gasteiger partial charge is 0.378 e. The van der Waals surface area contributed by atoms with Gasteiger partial charge in [0, 0.05) is 43.4 Å². The number of alkyl halides is 1. The zero-order valence-electron chi connectivity index (χ0n) is 9.39. The molecule has 1 atom stereocenters. The SMILES string of the molecule is BrCC1COCCN1CCCn1ccnc1. The van der Waals surface area contributed by atoms with Gasteiger partial charge in [-0.1, -0.05) is 15.9 Å². The lowest BCUT2D eigenvalue weighted by Crippen LogP contribution is -2.46. The van der Waals surface area contributed by atoms with Crippen LogP contribution in [0.3, 0.4) is 0 Å². The molecule has 2 rings (SSSR count). The van der Waals surface area contributed by atoms with E-state index in [1.54, 1.807) is 0 Å². The van der Waals surface area contributed by atoms with Gasteiger partial charge < -0.3 is 9.30 Å². The van der Waals surface area contributed by atoms with Gasteiger partial charge in [-0.25, -0.2) is 4.98 Å². The number of morpholine rings is 1. The minimum atomic E-state index is 0.538. The Labute approximate surface area is 105 Å². The Bertz CT molecular complexity index is 291. The molecule has 1 aromatic rings. The third-order valence-corrected chi connectivity index (χ3v) is 3.70. The fourth-order valence-corrected chi connectivity index (χ4v) is 2.60. The van der Waals surface area contributed by atoms with E-state index in [1.807, 2.05) is 18.7 Å². The van der Waals surface area contributed by atoms with Gasteiger partial charge in [0.05, 0.1) is 19.5 Å². The Morgan fingerprint density at radius 3 is 3.12 bits per heavy atom. The van der Waals surface area contributed by atoms with Gasteiger partial charge in [0.2, 0.25) is 0 Å². The summed E-state index contributed by atoms with van der Waals surface area (Å²) in [7, 11) is 0. The van der Waals surface area contributed by atoms with Crippen molar-refractivity contribution in [2.24, 2.45) is 0 Å². The topological polar surface area (TPSA) is 30.3 Å². The first-order valence-corrected chi connectivity index (χ1v) is 6.86. The summed E-state index contributed by atoms with van der Waals surface area (Å²) in [6, 6.07) is 0.538. The smallest absolute Gasteiger partial charge is 0.0945 e. The van der Waals surface area contributed by atoms with Crippen molar-refractivity contribution >= 4 is 15.9 Å². The fourth-order valence-electron chi connectivity index (χ4n) is 2.00. The van der Waals surface area contributed by atoms with E-state index in [4.69, 9.17) is 4.74 Å². The van der Waals surface area contributed by atoms with Crippen LogP contribution in [-0.2, 0) is 11.3 Å². The number of hydrogen-bond donors (Lipinski definition) is 0. The number of halogens is 1. The van der Waals surface area contributed by atoms with Crippen molar-refractivity contribution in [1.82, 2.24) is 14.5 Å². The molecule has 0 spiro atoms. The van der Waals surface area contributed by atoms with E-state index < -0.39 is 0 Å². The molecule has 0 N–H and O–H groups in total. The van der Waals surface area contributed by atoms with Gasteiger partial charge in [0.1, 0.15) is 0 Å². The first kappa shape index (κ1) is 12.1. The molecule has 0 aliphatic carbocycles. The lowest BCUT2D eigenvalue weighted by Gasteiger charge is -2.34. The molecule has 0 saturated carbocycles. The lowest BCUT2D eigenvalue weighted by atomic mass is 10.2. The number of ether oxygens (including phenoxy) is 1. The second-order valence-electron chi connectivity index (χ2n) is 4.07. The summed E-state index contributed by atoms with van der Waals surface area (Å²) in [6.07, 6.45) is 6.89. The first-order chi connectivity index (χ1) is 7.90. The Balaban J connectivity index is 1.71. The van der Waals surface area contributed by atoms with Crippen LogP contribution in [0.15, 0.2) is 18.7 Å². The van der Waals surface area contributed by atoms with Crippen molar-refractivity contribution in [2.75, 3.05) is 31.6 Å². The summed E-state index contributed by atoms with van der Waals surface area (Å²) in [6.45, 7) is 4.97. The van der Waals surface area contributed by atoms with E-state index in [9.17, 15) is 0 Å². The monoisotopic (exact) mass is 287 g/mol. The van der Waals surface area contributed by atoms with Crippen LogP contribution in [0.2, 0.25) is 0 Å². The molecule has 1 saturated heterocycles. The third-order valence-electron chi connectivity index (χ3n) is 2.95. The molecule has 1 aliphatic heterocycles. The zero-order valence-corrected chi connectivity index (χ0v) is 11.0. The summed E-state index contributed by atoms with van der Waals surface area (Å²) < 4.78 is 7.60. The highest BCUT2D eigenvalue weighted by Gasteiger charge is 2.20. The first-order valence-electron chi connectivity index (χ1n) is 5.73. The van der Waals surface area contributed by atoms with Crippen LogP contribution < -0.4 is 0 Å². The Morgan fingerprint density at radius 1 is 1.44 bits per heavy atom. The average Bonchev–Trinajstić information content (AvgIpc) is 2.83. The molecule has 5 heteroatoms. The predicted octanol–water partition coefficient (Wildman–Crippen LogP) is 1.37. The van der Waals surface area contributed by atoms with Crippen LogP contribution >= 0.6 is 15.9 Å². The maximum atomic E-state index is 5.47.